The zero-order valence-electron chi connectivity index (χ0n) is 25.9. The SMILES string of the molecule is C#CCN1CCN(Cc2ccc(C(=O)Nc3nc(-c4cccc(C#C[Si](C(C)C)(C(C)C)C(C)C)c4)cs3)cc2)CC1. The minimum absolute atomic E-state index is 0.151. The standard InChI is InChI=1S/C35H44N4OSSi/c1-8-17-38-18-20-39(21-19-38)24-30-12-14-31(15-13-30)34(40)37-35-36-33(25-41-35)32-11-9-10-29(23-32)16-22-42(26(2)3,27(4)5)28(6)7/h1,9-15,23,25-28H,17-21,24H2,2-7H3,(H,36,37,40). The van der Waals surface area contributed by atoms with Gasteiger partial charge >= 0.3 is 0 Å². The highest BCUT2D eigenvalue weighted by Crippen LogP contribution is 2.40. The number of carbonyl (C=O) groups is 1. The van der Waals surface area contributed by atoms with Crippen molar-refractivity contribution in [1.82, 2.24) is 14.8 Å². The molecule has 0 atom stereocenters. The number of benzene rings is 2. The molecule has 1 amide bonds. The minimum atomic E-state index is -1.81. The maximum absolute atomic E-state index is 13.0. The first-order valence-corrected chi connectivity index (χ1v) is 18.1. The summed E-state index contributed by atoms with van der Waals surface area (Å²) in [5.41, 5.74) is 10.3. The van der Waals surface area contributed by atoms with Gasteiger partial charge in [0.15, 0.2) is 5.13 Å². The second-order valence-electron chi connectivity index (χ2n) is 12.2. The molecule has 220 valence electrons. The molecular formula is C35H44N4OSSi. The molecule has 0 aliphatic carbocycles. The number of anilines is 1. The molecule has 0 radical (unpaired) electrons. The summed E-state index contributed by atoms with van der Waals surface area (Å²) in [5.74, 6) is 6.12. The lowest BCUT2D eigenvalue weighted by Crippen LogP contribution is -2.45. The van der Waals surface area contributed by atoms with Crippen molar-refractivity contribution in [1.29, 1.82) is 0 Å². The largest absolute Gasteiger partial charge is 0.298 e. The Kier molecular flexibility index (Phi) is 10.8. The lowest BCUT2D eigenvalue weighted by atomic mass is 10.1. The fourth-order valence-electron chi connectivity index (χ4n) is 6.26. The number of amides is 1. The lowest BCUT2D eigenvalue weighted by molar-refractivity contribution is 0.102. The first kappa shape index (κ1) is 31.7. The quantitative estimate of drug-likeness (QED) is 0.207. The van der Waals surface area contributed by atoms with Crippen LogP contribution in [0.3, 0.4) is 0 Å². The maximum Gasteiger partial charge on any atom is 0.257 e. The number of aromatic nitrogens is 1. The van der Waals surface area contributed by atoms with E-state index in [1.807, 2.05) is 35.7 Å². The molecule has 1 aliphatic rings. The summed E-state index contributed by atoms with van der Waals surface area (Å²) in [5, 5.41) is 5.56. The first-order chi connectivity index (χ1) is 20.1. The fourth-order valence-corrected chi connectivity index (χ4v) is 12.2. The van der Waals surface area contributed by atoms with E-state index in [0.717, 1.165) is 56.1 Å². The molecule has 0 unspecified atom stereocenters. The van der Waals surface area contributed by atoms with Crippen molar-refractivity contribution in [2.24, 2.45) is 0 Å². The molecular weight excluding hydrogens is 553 g/mol. The van der Waals surface area contributed by atoms with Crippen LogP contribution in [0.1, 0.15) is 63.0 Å². The highest BCUT2D eigenvalue weighted by Gasteiger charge is 2.41. The van der Waals surface area contributed by atoms with Crippen molar-refractivity contribution in [3.8, 4) is 35.1 Å². The highest BCUT2D eigenvalue weighted by atomic mass is 32.1. The molecule has 1 aliphatic heterocycles. The predicted octanol–water partition coefficient (Wildman–Crippen LogP) is 7.38. The first-order valence-electron chi connectivity index (χ1n) is 15.0. The summed E-state index contributed by atoms with van der Waals surface area (Å²) >= 11 is 1.44. The molecule has 4 rings (SSSR count). The van der Waals surface area contributed by atoms with E-state index in [1.165, 1.54) is 16.9 Å². The number of hydrogen-bond donors (Lipinski definition) is 1. The predicted molar refractivity (Wildman–Crippen MR) is 180 cm³/mol. The number of nitrogens with one attached hydrogen (secondary N) is 1. The number of thiazole rings is 1. The molecule has 3 aromatic rings. The Morgan fingerprint density at radius 3 is 2.24 bits per heavy atom. The molecule has 7 heteroatoms. The van der Waals surface area contributed by atoms with E-state index in [9.17, 15) is 4.79 Å². The molecule has 42 heavy (non-hydrogen) atoms. The molecule has 2 heterocycles. The number of hydrogen-bond acceptors (Lipinski definition) is 5. The van der Waals surface area contributed by atoms with Crippen molar-refractivity contribution in [3.05, 3.63) is 70.6 Å². The van der Waals surface area contributed by atoms with Crippen molar-refractivity contribution in [2.45, 2.75) is 64.7 Å². The van der Waals surface area contributed by atoms with Gasteiger partial charge in [0.25, 0.3) is 5.91 Å². The Bertz CT molecular complexity index is 1430. The van der Waals surface area contributed by atoms with Crippen molar-refractivity contribution < 1.29 is 4.79 Å². The monoisotopic (exact) mass is 596 g/mol. The normalized spacial score (nSPS) is 14.6. The zero-order chi connectivity index (χ0) is 30.3. The molecule has 0 spiro atoms. The zero-order valence-corrected chi connectivity index (χ0v) is 27.7. The summed E-state index contributed by atoms with van der Waals surface area (Å²) in [7, 11) is -1.81. The third-order valence-electron chi connectivity index (χ3n) is 8.57. The van der Waals surface area contributed by atoms with Gasteiger partial charge in [0.05, 0.1) is 12.2 Å². The molecule has 0 bridgehead atoms. The molecule has 1 fully saturated rings. The van der Waals surface area contributed by atoms with Crippen LogP contribution in [-0.4, -0.2) is 61.5 Å². The van der Waals surface area contributed by atoms with Crippen LogP contribution in [0.25, 0.3) is 11.3 Å². The van der Waals surface area contributed by atoms with Gasteiger partial charge in [0.1, 0.15) is 8.07 Å². The summed E-state index contributed by atoms with van der Waals surface area (Å²) in [6.07, 6.45) is 5.44. The van der Waals surface area contributed by atoms with Gasteiger partial charge in [0, 0.05) is 54.8 Å². The summed E-state index contributed by atoms with van der Waals surface area (Å²) in [6, 6.07) is 16.2. The second-order valence-corrected chi connectivity index (χ2v) is 18.6. The van der Waals surface area contributed by atoms with E-state index in [4.69, 9.17) is 11.4 Å². The Morgan fingerprint density at radius 1 is 0.976 bits per heavy atom. The average molecular weight is 597 g/mol. The van der Waals surface area contributed by atoms with E-state index in [1.54, 1.807) is 0 Å². The van der Waals surface area contributed by atoms with Crippen LogP contribution in [0.15, 0.2) is 53.9 Å². The van der Waals surface area contributed by atoms with Crippen LogP contribution in [0, 0.1) is 23.8 Å². The van der Waals surface area contributed by atoms with Crippen molar-refractivity contribution in [3.63, 3.8) is 0 Å². The topological polar surface area (TPSA) is 48.5 Å². The maximum atomic E-state index is 13.0. The number of rotatable bonds is 9. The molecule has 2 aromatic carbocycles. The molecule has 0 saturated carbocycles. The molecule has 5 nitrogen and oxygen atoms in total. The highest BCUT2D eigenvalue weighted by molar-refractivity contribution is 7.14. The van der Waals surface area contributed by atoms with Gasteiger partial charge in [-0.3, -0.25) is 19.9 Å². The van der Waals surface area contributed by atoms with E-state index >= 15 is 0 Å². The van der Waals surface area contributed by atoms with Crippen LogP contribution in [0.2, 0.25) is 16.6 Å². The van der Waals surface area contributed by atoms with Crippen molar-refractivity contribution in [2.75, 3.05) is 38.0 Å². The number of nitrogens with zero attached hydrogens (tertiary/aromatic N) is 3. The van der Waals surface area contributed by atoms with Gasteiger partial charge in [-0.15, -0.1) is 23.3 Å². The van der Waals surface area contributed by atoms with Gasteiger partial charge in [-0.25, -0.2) is 4.98 Å². The average Bonchev–Trinajstić information content (AvgIpc) is 3.43. The van der Waals surface area contributed by atoms with E-state index in [-0.39, 0.29) is 5.91 Å². The second kappa shape index (κ2) is 14.3. The summed E-state index contributed by atoms with van der Waals surface area (Å²) < 4.78 is 0. The Morgan fingerprint density at radius 2 is 1.62 bits per heavy atom. The number of terminal acetylenes is 1. The Labute approximate surface area is 257 Å². The molecule has 1 N–H and O–H groups in total. The molecule has 1 saturated heterocycles. The minimum Gasteiger partial charge on any atom is -0.298 e. The van der Waals surface area contributed by atoms with Crippen LogP contribution >= 0.6 is 11.3 Å². The van der Waals surface area contributed by atoms with Gasteiger partial charge in [0.2, 0.25) is 0 Å². The molecule has 1 aromatic heterocycles. The van der Waals surface area contributed by atoms with E-state index in [0.29, 0.717) is 27.3 Å². The van der Waals surface area contributed by atoms with Crippen LogP contribution in [0.4, 0.5) is 5.13 Å². The third-order valence-corrected chi connectivity index (χ3v) is 15.6. The van der Waals surface area contributed by atoms with E-state index < -0.39 is 8.07 Å². The van der Waals surface area contributed by atoms with Crippen LogP contribution < -0.4 is 5.32 Å². The van der Waals surface area contributed by atoms with Gasteiger partial charge < -0.3 is 0 Å². The van der Waals surface area contributed by atoms with Gasteiger partial charge in [-0.05, 0) is 46.5 Å². The lowest BCUT2D eigenvalue weighted by Gasteiger charge is -2.38. The third kappa shape index (κ3) is 7.59. The van der Waals surface area contributed by atoms with Gasteiger partial charge in [-0.2, -0.15) is 0 Å². The van der Waals surface area contributed by atoms with Crippen LogP contribution in [-0.2, 0) is 6.54 Å². The Balaban J connectivity index is 1.39. The Hall–Kier alpha value is -3.20. The van der Waals surface area contributed by atoms with Crippen LogP contribution in [0.5, 0.6) is 0 Å². The summed E-state index contributed by atoms with van der Waals surface area (Å²) in [4.78, 5) is 22.4. The fraction of sp³-hybridized carbons (Fsp3) is 0.429. The van der Waals surface area contributed by atoms with Crippen molar-refractivity contribution >= 4 is 30.4 Å². The summed E-state index contributed by atoms with van der Waals surface area (Å²) in [6.45, 7) is 19.6. The van der Waals surface area contributed by atoms with Gasteiger partial charge in [-0.1, -0.05) is 77.6 Å². The number of piperazine rings is 1. The number of carbonyl (C=O) groups excluding carboxylic acids is 1. The van der Waals surface area contributed by atoms with E-state index in [2.05, 4.69) is 92.2 Å². The smallest absolute Gasteiger partial charge is 0.257 e.